The lowest BCUT2D eigenvalue weighted by molar-refractivity contribution is 0.0698. The number of phenolic OH excluding ortho intramolecular Hbond substituents is 1. The molecule has 2 heterocycles. The van der Waals surface area contributed by atoms with Crippen LogP contribution in [-0.4, -0.2) is 51.1 Å². The van der Waals surface area contributed by atoms with Crippen LogP contribution in [0, 0.1) is 0 Å². The van der Waals surface area contributed by atoms with Crippen molar-refractivity contribution in [2.75, 3.05) is 13.1 Å². The van der Waals surface area contributed by atoms with Gasteiger partial charge < -0.3 is 15.3 Å². The van der Waals surface area contributed by atoms with E-state index in [1.807, 2.05) is 0 Å². The van der Waals surface area contributed by atoms with E-state index in [0.717, 1.165) is 0 Å². The zero-order valence-electron chi connectivity index (χ0n) is 12.8. The van der Waals surface area contributed by atoms with Crippen molar-refractivity contribution < 1.29 is 14.7 Å². The minimum absolute atomic E-state index is 0.0104. The van der Waals surface area contributed by atoms with Gasteiger partial charge >= 0.3 is 0 Å². The quantitative estimate of drug-likeness (QED) is 0.787. The van der Waals surface area contributed by atoms with E-state index in [9.17, 15) is 14.7 Å². The Hall–Kier alpha value is -2.54. The van der Waals surface area contributed by atoms with Crippen molar-refractivity contribution in [3.05, 3.63) is 46.7 Å². The fraction of sp³-hybridized carbons (Fsp3) is 0.312. The average molecular weight is 349 g/mol. The lowest BCUT2D eigenvalue weighted by Gasteiger charge is -2.32. The standard InChI is InChI=1S/C16H17ClN4O3/c17-13-2-1-10(7-14(13)22)15(23)20-12-3-5-21(6-4-12)16(24)11-8-18-19-9-11/h1-2,7-9,12,22H,3-6H2,(H,18,19)(H,20,23). The van der Waals surface area contributed by atoms with Gasteiger partial charge in [-0.3, -0.25) is 14.7 Å². The summed E-state index contributed by atoms with van der Waals surface area (Å²) in [5, 5.41) is 19.1. The summed E-state index contributed by atoms with van der Waals surface area (Å²) in [5.41, 5.74) is 0.892. The van der Waals surface area contributed by atoms with Crippen molar-refractivity contribution >= 4 is 23.4 Å². The fourth-order valence-electron chi connectivity index (χ4n) is 2.70. The van der Waals surface area contributed by atoms with Crippen molar-refractivity contribution in [1.82, 2.24) is 20.4 Å². The van der Waals surface area contributed by atoms with Crippen LogP contribution >= 0.6 is 11.6 Å². The number of piperidine rings is 1. The third-order valence-corrected chi connectivity index (χ3v) is 4.39. The van der Waals surface area contributed by atoms with Crippen molar-refractivity contribution in [3.8, 4) is 5.75 Å². The predicted octanol–water partition coefficient (Wildman–Crippen LogP) is 1.80. The molecule has 24 heavy (non-hydrogen) atoms. The summed E-state index contributed by atoms with van der Waals surface area (Å²) in [7, 11) is 0. The van der Waals surface area contributed by atoms with Gasteiger partial charge in [0, 0.05) is 30.9 Å². The van der Waals surface area contributed by atoms with Gasteiger partial charge in [0.2, 0.25) is 0 Å². The summed E-state index contributed by atoms with van der Waals surface area (Å²) >= 11 is 5.74. The van der Waals surface area contributed by atoms with Gasteiger partial charge in [0.25, 0.3) is 11.8 Å². The number of rotatable bonds is 3. The molecular formula is C16H17ClN4O3. The Morgan fingerprint density at radius 2 is 2.04 bits per heavy atom. The van der Waals surface area contributed by atoms with Crippen molar-refractivity contribution in [2.45, 2.75) is 18.9 Å². The van der Waals surface area contributed by atoms with E-state index in [-0.39, 0.29) is 28.6 Å². The van der Waals surface area contributed by atoms with Gasteiger partial charge in [0.05, 0.1) is 16.8 Å². The molecule has 0 radical (unpaired) electrons. The van der Waals surface area contributed by atoms with Crippen LogP contribution in [-0.2, 0) is 0 Å². The molecular weight excluding hydrogens is 332 g/mol. The number of H-pyrrole nitrogens is 1. The Bertz CT molecular complexity index is 740. The number of carbonyl (C=O) groups excluding carboxylic acids is 2. The highest BCUT2D eigenvalue weighted by Crippen LogP contribution is 2.24. The topological polar surface area (TPSA) is 98.3 Å². The van der Waals surface area contributed by atoms with Crippen LogP contribution in [0.15, 0.2) is 30.6 Å². The summed E-state index contributed by atoms with van der Waals surface area (Å²) < 4.78 is 0. The van der Waals surface area contributed by atoms with Crippen LogP contribution < -0.4 is 5.32 Å². The Kier molecular flexibility index (Phi) is 4.71. The maximum atomic E-state index is 12.2. The molecule has 0 unspecified atom stereocenters. The number of aromatic hydroxyl groups is 1. The van der Waals surface area contributed by atoms with Crippen LogP contribution in [0.1, 0.15) is 33.6 Å². The van der Waals surface area contributed by atoms with E-state index in [4.69, 9.17) is 11.6 Å². The number of nitrogens with one attached hydrogen (secondary N) is 2. The molecule has 126 valence electrons. The van der Waals surface area contributed by atoms with Crippen LogP contribution in [0.5, 0.6) is 5.75 Å². The fourth-order valence-corrected chi connectivity index (χ4v) is 2.82. The van der Waals surface area contributed by atoms with Gasteiger partial charge in [-0.05, 0) is 31.0 Å². The number of likely N-dealkylation sites (tertiary alicyclic amines) is 1. The molecule has 0 spiro atoms. The lowest BCUT2D eigenvalue weighted by atomic mass is 10.0. The second kappa shape index (κ2) is 6.92. The monoisotopic (exact) mass is 348 g/mol. The molecule has 2 amide bonds. The summed E-state index contributed by atoms with van der Waals surface area (Å²) in [6, 6.07) is 4.38. The zero-order valence-corrected chi connectivity index (χ0v) is 13.6. The molecule has 1 fully saturated rings. The number of benzene rings is 1. The Balaban J connectivity index is 1.54. The molecule has 1 saturated heterocycles. The van der Waals surface area contributed by atoms with Gasteiger partial charge in [0.15, 0.2) is 0 Å². The molecule has 2 aromatic rings. The third kappa shape index (κ3) is 3.51. The second-order valence-electron chi connectivity index (χ2n) is 5.69. The van der Waals surface area contributed by atoms with Crippen LogP contribution in [0.4, 0.5) is 0 Å². The number of halogens is 1. The number of aromatic nitrogens is 2. The number of nitrogens with zero attached hydrogens (tertiary/aromatic N) is 2. The maximum Gasteiger partial charge on any atom is 0.257 e. The molecule has 3 N–H and O–H groups in total. The van der Waals surface area contributed by atoms with E-state index in [2.05, 4.69) is 15.5 Å². The first-order valence-electron chi connectivity index (χ1n) is 7.62. The van der Waals surface area contributed by atoms with Gasteiger partial charge in [0.1, 0.15) is 5.75 Å². The van der Waals surface area contributed by atoms with E-state index < -0.39 is 0 Å². The molecule has 0 aliphatic carbocycles. The average Bonchev–Trinajstić information content (AvgIpc) is 3.12. The highest BCUT2D eigenvalue weighted by molar-refractivity contribution is 6.32. The minimum atomic E-state index is -0.262. The molecule has 1 aliphatic rings. The molecule has 8 heteroatoms. The number of amides is 2. The van der Waals surface area contributed by atoms with Crippen LogP contribution in [0.25, 0.3) is 0 Å². The molecule has 0 bridgehead atoms. The van der Waals surface area contributed by atoms with E-state index in [1.165, 1.54) is 18.3 Å². The number of phenols is 1. The molecule has 1 aliphatic heterocycles. The summed E-state index contributed by atoms with van der Waals surface area (Å²) in [6.45, 7) is 1.14. The minimum Gasteiger partial charge on any atom is -0.506 e. The summed E-state index contributed by atoms with van der Waals surface area (Å²) in [4.78, 5) is 26.2. The van der Waals surface area contributed by atoms with Crippen molar-refractivity contribution in [1.29, 1.82) is 0 Å². The molecule has 1 aromatic carbocycles. The zero-order chi connectivity index (χ0) is 17.1. The Labute approximate surface area is 143 Å². The molecule has 1 aromatic heterocycles. The Morgan fingerprint density at radius 3 is 2.67 bits per heavy atom. The van der Waals surface area contributed by atoms with Crippen molar-refractivity contribution in [2.24, 2.45) is 0 Å². The van der Waals surface area contributed by atoms with Gasteiger partial charge in [-0.15, -0.1) is 0 Å². The summed E-state index contributed by atoms with van der Waals surface area (Å²) in [5.74, 6) is -0.442. The highest BCUT2D eigenvalue weighted by Gasteiger charge is 2.25. The number of carbonyl (C=O) groups is 2. The third-order valence-electron chi connectivity index (χ3n) is 4.07. The van der Waals surface area contributed by atoms with Gasteiger partial charge in [-0.25, -0.2) is 0 Å². The first kappa shape index (κ1) is 16.3. The SMILES string of the molecule is O=C(NC1CCN(C(=O)c2cn[nH]c2)CC1)c1ccc(Cl)c(O)c1. The number of aromatic amines is 1. The van der Waals surface area contributed by atoms with E-state index in [0.29, 0.717) is 37.1 Å². The smallest absolute Gasteiger partial charge is 0.257 e. The molecule has 0 atom stereocenters. The van der Waals surface area contributed by atoms with Crippen molar-refractivity contribution in [3.63, 3.8) is 0 Å². The van der Waals surface area contributed by atoms with Gasteiger partial charge in [-0.1, -0.05) is 11.6 Å². The second-order valence-corrected chi connectivity index (χ2v) is 6.10. The van der Waals surface area contributed by atoms with E-state index in [1.54, 1.807) is 17.2 Å². The molecule has 3 rings (SSSR count). The number of hydrogen-bond acceptors (Lipinski definition) is 4. The summed E-state index contributed by atoms with van der Waals surface area (Å²) in [6.07, 6.45) is 4.43. The first-order valence-corrected chi connectivity index (χ1v) is 8.00. The largest absolute Gasteiger partial charge is 0.506 e. The van der Waals surface area contributed by atoms with E-state index >= 15 is 0 Å². The molecule has 0 saturated carbocycles. The normalized spacial score (nSPS) is 15.3. The highest BCUT2D eigenvalue weighted by atomic mass is 35.5. The maximum absolute atomic E-state index is 12.2. The number of hydrogen-bond donors (Lipinski definition) is 3. The van der Waals surface area contributed by atoms with Crippen LogP contribution in [0.2, 0.25) is 5.02 Å². The molecule has 7 nitrogen and oxygen atoms in total. The van der Waals surface area contributed by atoms with Gasteiger partial charge in [-0.2, -0.15) is 5.10 Å². The Morgan fingerprint density at radius 1 is 1.29 bits per heavy atom. The predicted molar refractivity (Wildman–Crippen MR) is 88.1 cm³/mol. The first-order chi connectivity index (χ1) is 11.5. The van der Waals surface area contributed by atoms with Crippen LogP contribution in [0.3, 0.4) is 0 Å². The lowest BCUT2D eigenvalue weighted by Crippen LogP contribution is -2.46.